The molecule has 0 saturated carbocycles. The Morgan fingerprint density at radius 2 is 1.92 bits per heavy atom. The third-order valence-corrected chi connectivity index (χ3v) is 4.85. The smallest absolute Gasteiger partial charge is 0.356 e. The average molecular weight is 385 g/mol. The molecule has 0 radical (unpaired) electrons. The van der Waals surface area contributed by atoms with Crippen LogP contribution in [0.2, 0.25) is 0 Å². The highest BCUT2D eigenvalue weighted by atomic mass is 79.9. The van der Waals surface area contributed by atoms with Crippen molar-refractivity contribution in [3.05, 3.63) is 75.9 Å². The van der Waals surface area contributed by atoms with Gasteiger partial charge in [-0.2, -0.15) is 5.10 Å². The van der Waals surface area contributed by atoms with Crippen LogP contribution in [0.4, 0.5) is 0 Å². The Kier molecular flexibility index (Phi) is 4.81. The Morgan fingerprint density at radius 1 is 1.17 bits per heavy atom. The van der Waals surface area contributed by atoms with Gasteiger partial charge in [0.05, 0.1) is 12.2 Å². The topological polar surface area (TPSA) is 55.1 Å². The summed E-state index contributed by atoms with van der Waals surface area (Å²) in [4.78, 5) is 11.4. The van der Waals surface area contributed by atoms with Gasteiger partial charge in [0.2, 0.25) is 0 Å². The van der Waals surface area contributed by atoms with E-state index in [0.29, 0.717) is 6.54 Å². The Morgan fingerprint density at radius 3 is 2.58 bits per heavy atom. The maximum absolute atomic E-state index is 11.4. The van der Waals surface area contributed by atoms with Crippen LogP contribution in [0.1, 0.15) is 28.5 Å². The van der Waals surface area contributed by atoms with Crippen molar-refractivity contribution >= 4 is 21.9 Å². The number of hydrogen-bond donors (Lipinski definition) is 1. The Bertz CT molecular complexity index is 872. The quantitative estimate of drug-likeness (QED) is 0.697. The van der Waals surface area contributed by atoms with Crippen LogP contribution in [0.3, 0.4) is 0 Å². The highest BCUT2D eigenvalue weighted by Crippen LogP contribution is 2.32. The number of rotatable bonds is 5. The molecule has 0 spiro atoms. The zero-order valence-electron chi connectivity index (χ0n) is 13.2. The van der Waals surface area contributed by atoms with Crippen LogP contribution in [0, 0.1) is 0 Å². The van der Waals surface area contributed by atoms with Crippen molar-refractivity contribution in [1.29, 1.82) is 0 Å². The van der Waals surface area contributed by atoms with E-state index in [0.717, 1.165) is 27.7 Å². The molecule has 0 unspecified atom stereocenters. The molecule has 1 heterocycles. The minimum Gasteiger partial charge on any atom is -0.476 e. The number of aryl methyl sites for hydroxylation is 1. The van der Waals surface area contributed by atoms with Crippen molar-refractivity contribution in [3.8, 4) is 11.3 Å². The lowest BCUT2D eigenvalue weighted by Gasteiger charge is -2.11. The first kappa shape index (κ1) is 16.5. The number of carboxylic acid groups (broad SMARTS) is 1. The predicted octanol–water partition coefficient (Wildman–Crippen LogP) is 4.62. The Hall–Kier alpha value is -2.40. The number of halogens is 1. The summed E-state index contributed by atoms with van der Waals surface area (Å²) in [5, 5.41) is 13.6. The molecule has 122 valence electrons. The minimum atomic E-state index is -1.02. The largest absolute Gasteiger partial charge is 0.476 e. The lowest BCUT2D eigenvalue weighted by atomic mass is 10.1. The maximum atomic E-state index is 11.4. The molecule has 0 bridgehead atoms. The monoisotopic (exact) mass is 384 g/mol. The molecule has 0 amide bonds. The molecular formula is C19H17BrN2O2. The molecule has 0 aliphatic carbocycles. The number of carboxylic acids is 1. The summed E-state index contributed by atoms with van der Waals surface area (Å²) in [7, 11) is 0. The molecule has 3 rings (SSSR count). The average Bonchev–Trinajstić information content (AvgIpc) is 3.00. The molecule has 0 aliphatic rings. The van der Waals surface area contributed by atoms with E-state index in [1.165, 1.54) is 5.56 Å². The lowest BCUT2D eigenvalue weighted by molar-refractivity contribution is 0.0689. The van der Waals surface area contributed by atoms with Crippen LogP contribution in [0.25, 0.3) is 11.3 Å². The van der Waals surface area contributed by atoms with E-state index in [4.69, 9.17) is 0 Å². The van der Waals surface area contributed by atoms with Crippen LogP contribution >= 0.6 is 15.9 Å². The van der Waals surface area contributed by atoms with Crippen molar-refractivity contribution in [1.82, 2.24) is 9.78 Å². The van der Waals surface area contributed by atoms with Crippen molar-refractivity contribution in [2.75, 3.05) is 0 Å². The van der Waals surface area contributed by atoms with Crippen molar-refractivity contribution in [3.63, 3.8) is 0 Å². The van der Waals surface area contributed by atoms with Gasteiger partial charge in [0.15, 0.2) is 5.69 Å². The highest BCUT2D eigenvalue weighted by molar-refractivity contribution is 9.10. The second-order valence-electron chi connectivity index (χ2n) is 5.50. The number of benzene rings is 2. The van der Waals surface area contributed by atoms with Crippen molar-refractivity contribution in [2.24, 2.45) is 0 Å². The molecule has 0 fully saturated rings. The van der Waals surface area contributed by atoms with Gasteiger partial charge in [0, 0.05) is 10.0 Å². The normalized spacial score (nSPS) is 10.8. The van der Waals surface area contributed by atoms with E-state index in [-0.39, 0.29) is 5.69 Å². The Balaban J connectivity index is 2.11. The van der Waals surface area contributed by atoms with Gasteiger partial charge in [-0.25, -0.2) is 4.79 Å². The summed E-state index contributed by atoms with van der Waals surface area (Å²) < 4.78 is 2.73. The SMILES string of the molecule is CCc1cccc(-c2cc(C(=O)O)nn2Cc2ccccc2)c1Br. The maximum Gasteiger partial charge on any atom is 0.356 e. The van der Waals surface area contributed by atoms with Gasteiger partial charge in [0.25, 0.3) is 0 Å². The third-order valence-electron chi connectivity index (χ3n) is 3.91. The van der Waals surface area contributed by atoms with Crippen LogP contribution in [-0.2, 0) is 13.0 Å². The summed E-state index contributed by atoms with van der Waals surface area (Å²) >= 11 is 3.66. The fourth-order valence-corrected chi connectivity index (χ4v) is 3.41. The van der Waals surface area contributed by atoms with E-state index in [2.05, 4.69) is 34.0 Å². The van der Waals surface area contributed by atoms with Gasteiger partial charge in [-0.3, -0.25) is 4.68 Å². The number of nitrogens with zero attached hydrogens (tertiary/aromatic N) is 2. The molecule has 5 heteroatoms. The van der Waals surface area contributed by atoms with Gasteiger partial charge in [-0.05, 0) is 39.5 Å². The Labute approximate surface area is 148 Å². The van der Waals surface area contributed by atoms with Gasteiger partial charge in [0.1, 0.15) is 0 Å². The van der Waals surface area contributed by atoms with Gasteiger partial charge >= 0.3 is 5.97 Å². The standard InChI is InChI=1S/C19H17BrN2O2/c1-2-14-9-6-10-15(18(14)20)17-11-16(19(23)24)21-22(17)12-13-7-4-3-5-8-13/h3-11H,2,12H2,1H3,(H,23,24). The van der Waals surface area contributed by atoms with Crippen LogP contribution in [-0.4, -0.2) is 20.9 Å². The third kappa shape index (κ3) is 3.26. The second-order valence-corrected chi connectivity index (χ2v) is 6.29. The second kappa shape index (κ2) is 7.01. The molecular weight excluding hydrogens is 368 g/mol. The number of carbonyl (C=O) groups is 1. The zero-order valence-corrected chi connectivity index (χ0v) is 14.8. The number of hydrogen-bond acceptors (Lipinski definition) is 2. The minimum absolute atomic E-state index is 0.0507. The van der Waals surface area contributed by atoms with E-state index >= 15 is 0 Å². The van der Waals surface area contributed by atoms with Gasteiger partial charge in [-0.15, -0.1) is 0 Å². The van der Waals surface area contributed by atoms with Crippen LogP contribution in [0.5, 0.6) is 0 Å². The molecule has 0 aliphatic heterocycles. The summed E-state index contributed by atoms with van der Waals surface area (Å²) in [6.07, 6.45) is 0.896. The lowest BCUT2D eigenvalue weighted by Crippen LogP contribution is -2.06. The van der Waals surface area contributed by atoms with E-state index in [9.17, 15) is 9.90 Å². The molecule has 1 N–H and O–H groups in total. The summed E-state index contributed by atoms with van der Waals surface area (Å²) in [5.74, 6) is -1.02. The summed E-state index contributed by atoms with van der Waals surface area (Å²) in [6.45, 7) is 2.61. The molecule has 3 aromatic rings. The summed E-state index contributed by atoms with van der Waals surface area (Å²) in [6, 6.07) is 17.5. The molecule has 0 atom stereocenters. The van der Waals surface area contributed by atoms with E-state index < -0.39 is 5.97 Å². The van der Waals surface area contributed by atoms with E-state index in [1.807, 2.05) is 42.5 Å². The van der Waals surface area contributed by atoms with E-state index in [1.54, 1.807) is 10.7 Å². The highest BCUT2D eigenvalue weighted by Gasteiger charge is 2.17. The molecule has 2 aromatic carbocycles. The first-order valence-corrected chi connectivity index (χ1v) is 8.52. The first-order valence-electron chi connectivity index (χ1n) is 7.73. The molecule has 24 heavy (non-hydrogen) atoms. The summed E-state index contributed by atoms with van der Waals surface area (Å²) in [5.41, 5.74) is 4.04. The first-order chi connectivity index (χ1) is 11.6. The zero-order chi connectivity index (χ0) is 17.1. The number of aromatic carboxylic acids is 1. The predicted molar refractivity (Wildman–Crippen MR) is 97.2 cm³/mol. The van der Waals surface area contributed by atoms with Crippen molar-refractivity contribution < 1.29 is 9.90 Å². The van der Waals surface area contributed by atoms with Crippen molar-refractivity contribution in [2.45, 2.75) is 19.9 Å². The molecule has 1 aromatic heterocycles. The van der Waals surface area contributed by atoms with Crippen LogP contribution < -0.4 is 0 Å². The van der Waals surface area contributed by atoms with Crippen LogP contribution in [0.15, 0.2) is 59.1 Å². The molecule has 4 nitrogen and oxygen atoms in total. The molecule has 0 saturated heterocycles. The fraction of sp³-hybridized carbons (Fsp3) is 0.158. The van der Waals surface area contributed by atoms with Gasteiger partial charge in [-0.1, -0.05) is 55.5 Å². The number of aromatic nitrogens is 2. The fourth-order valence-electron chi connectivity index (χ4n) is 2.67. The van der Waals surface area contributed by atoms with Gasteiger partial charge < -0.3 is 5.11 Å².